The van der Waals surface area contributed by atoms with Crippen LogP contribution in [-0.2, 0) is 24.1 Å². The second-order valence-electron chi connectivity index (χ2n) is 10.2. The minimum Gasteiger partial charge on any atom is -0.493 e. The molecule has 3 aromatic carbocycles. The van der Waals surface area contributed by atoms with Gasteiger partial charge in [-0.25, -0.2) is 9.78 Å². The topological polar surface area (TPSA) is 81.8 Å². The Bertz CT molecular complexity index is 1350. The van der Waals surface area contributed by atoms with Crippen molar-refractivity contribution in [1.29, 1.82) is 0 Å². The predicted octanol–water partition coefficient (Wildman–Crippen LogP) is 7.47. The van der Waals surface area contributed by atoms with E-state index in [0.717, 1.165) is 60.4 Å². The Hall–Kier alpha value is -4.06. The Morgan fingerprint density at radius 1 is 0.897 bits per heavy atom. The maximum Gasteiger partial charge on any atom is 0.347 e. The Labute approximate surface area is 230 Å². The Balaban J connectivity index is 1.37. The summed E-state index contributed by atoms with van der Waals surface area (Å²) < 4.78 is 17.9. The first-order chi connectivity index (χ1) is 18.8. The van der Waals surface area contributed by atoms with E-state index in [1.165, 1.54) is 5.56 Å². The summed E-state index contributed by atoms with van der Waals surface area (Å²) in [6.45, 7) is 5.49. The first kappa shape index (κ1) is 28.0. The number of benzene rings is 3. The highest BCUT2D eigenvalue weighted by molar-refractivity contribution is 5.76. The molecule has 6 nitrogen and oxygen atoms in total. The average Bonchev–Trinajstić information content (AvgIpc) is 3.31. The summed E-state index contributed by atoms with van der Waals surface area (Å²) in [6, 6.07) is 25.9. The van der Waals surface area contributed by atoms with Crippen molar-refractivity contribution in [3.63, 3.8) is 0 Å². The second kappa shape index (κ2) is 13.1. The highest BCUT2D eigenvalue weighted by atomic mass is 16.5. The third-order valence-corrected chi connectivity index (χ3v) is 6.69. The summed E-state index contributed by atoms with van der Waals surface area (Å²) in [5, 5.41) is 9.56. The molecule has 0 aliphatic carbocycles. The van der Waals surface area contributed by atoms with Gasteiger partial charge in [0.25, 0.3) is 0 Å². The van der Waals surface area contributed by atoms with Crippen LogP contribution in [0.1, 0.15) is 55.7 Å². The highest BCUT2D eigenvalue weighted by Gasteiger charge is 2.30. The molecule has 1 heterocycles. The first-order valence-corrected chi connectivity index (χ1v) is 13.6. The molecule has 0 unspecified atom stereocenters. The predicted molar refractivity (Wildman–Crippen MR) is 152 cm³/mol. The molecular formula is C33H37NO5. The largest absolute Gasteiger partial charge is 0.493 e. The number of aryl methyl sites for hydroxylation is 3. The quantitative estimate of drug-likeness (QED) is 0.171. The minimum absolute atomic E-state index is 0.443. The van der Waals surface area contributed by atoms with Gasteiger partial charge >= 0.3 is 5.97 Å². The Morgan fingerprint density at radius 3 is 2.31 bits per heavy atom. The van der Waals surface area contributed by atoms with Crippen LogP contribution in [0.2, 0.25) is 0 Å². The number of rotatable bonds is 14. The summed E-state index contributed by atoms with van der Waals surface area (Å²) in [5.41, 5.74) is 2.78. The van der Waals surface area contributed by atoms with Crippen molar-refractivity contribution in [1.82, 2.24) is 4.98 Å². The number of ether oxygens (including phenoxy) is 2. The van der Waals surface area contributed by atoms with E-state index in [4.69, 9.17) is 13.9 Å². The fraction of sp³-hybridized carbons (Fsp3) is 0.333. The van der Waals surface area contributed by atoms with Crippen molar-refractivity contribution in [3.8, 4) is 23.0 Å². The number of carboxylic acid groups (broad SMARTS) is 1. The molecule has 1 N–H and O–H groups in total. The van der Waals surface area contributed by atoms with Gasteiger partial charge in [-0.3, -0.25) is 0 Å². The van der Waals surface area contributed by atoms with E-state index in [1.807, 2.05) is 61.5 Å². The van der Waals surface area contributed by atoms with Crippen molar-refractivity contribution >= 4 is 5.97 Å². The summed E-state index contributed by atoms with van der Waals surface area (Å²) in [7, 11) is 0. The number of carbonyl (C=O) groups is 1. The van der Waals surface area contributed by atoms with Gasteiger partial charge in [0.2, 0.25) is 5.89 Å². The maximum atomic E-state index is 11.7. The molecule has 4 rings (SSSR count). The number of nitrogens with zero attached hydrogens (tertiary/aromatic N) is 1. The van der Waals surface area contributed by atoms with Crippen LogP contribution in [0.15, 0.2) is 83.3 Å². The normalized spacial score (nSPS) is 11.4. The number of hydrogen-bond acceptors (Lipinski definition) is 5. The number of aliphatic carboxylic acids is 1. The van der Waals surface area contributed by atoms with Crippen LogP contribution in [0.4, 0.5) is 0 Å². The van der Waals surface area contributed by atoms with E-state index in [0.29, 0.717) is 24.7 Å². The zero-order chi connectivity index (χ0) is 27.7. The maximum absolute atomic E-state index is 11.7. The van der Waals surface area contributed by atoms with E-state index >= 15 is 0 Å². The molecular weight excluding hydrogens is 490 g/mol. The molecule has 6 heteroatoms. The third-order valence-electron chi connectivity index (χ3n) is 6.69. The number of oxazole rings is 1. The molecule has 0 bridgehead atoms. The summed E-state index contributed by atoms with van der Waals surface area (Å²) in [4.78, 5) is 16.3. The highest BCUT2D eigenvalue weighted by Crippen LogP contribution is 2.30. The molecule has 0 aliphatic rings. The van der Waals surface area contributed by atoms with Crippen molar-refractivity contribution in [2.45, 2.75) is 64.9 Å². The van der Waals surface area contributed by atoms with Gasteiger partial charge in [0.05, 0.1) is 12.3 Å². The molecule has 0 fully saturated rings. The van der Waals surface area contributed by atoms with Gasteiger partial charge in [0, 0.05) is 12.0 Å². The van der Waals surface area contributed by atoms with Gasteiger partial charge in [-0.05, 0) is 87.9 Å². The molecule has 0 spiro atoms. The Kier molecular flexibility index (Phi) is 9.42. The van der Waals surface area contributed by atoms with Crippen molar-refractivity contribution in [2.75, 3.05) is 6.61 Å². The fourth-order valence-electron chi connectivity index (χ4n) is 4.35. The van der Waals surface area contributed by atoms with Gasteiger partial charge in [0.1, 0.15) is 17.3 Å². The van der Waals surface area contributed by atoms with Crippen molar-refractivity contribution in [2.24, 2.45) is 0 Å². The van der Waals surface area contributed by atoms with Gasteiger partial charge in [0.15, 0.2) is 5.60 Å². The van der Waals surface area contributed by atoms with E-state index in [9.17, 15) is 9.90 Å². The SMILES string of the molecule is Cc1oc(-c2ccccc2)nc1CCOc1ccc(OC(C)(C)C(=O)O)c(CCCCCc2ccccc2)c1. The van der Waals surface area contributed by atoms with E-state index < -0.39 is 11.6 Å². The molecule has 204 valence electrons. The van der Waals surface area contributed by atoms with Crippen LogP contribution in [-0.4, -0.2) is 28.3 Å². The average molecular weight is 528 g/mol. The lowest BCUT2D eigenvalue weighted by Crippen LogP contribution is -2.38. The van der Waals surface area contributed by atoms with E-state index in [-0.39, 0.29) is 0 Å². The number of aromatic nitrogens is 1. The second-order valence-corrected chi connectivity index (χ2v) is 10.2. The lowest BCUT2D eigenvalue weighted by molar-refractivity contribution is -0.152. The number of carboxylic acids is 1. The molecule has 0 saturated carbocycles. The van der Waals surface area contributed by atoms with Crippen LogP contribution in [0.5, 0.6) is 11.5 Å². The zero-order valence-corrected chi connectivity index (χ0v) is 23.0. The molecule has 0 amide bonds. The van der Waals surface area contributed by atoms with Gasteiger partial charge in [-0.15, -0.1) is 0 Å². The van der Waals surface area contributed by atoms with Crippen molar-refractivity contribution < 1.29 is 23.8 Å². The standard InChI is InChI=1S/C33H37NO5/c1-24-29(34-31(38-24)26-16-10-6-11-17-26)21-22-37-28-19-20-30(39-33(2,3)32(35)36)27(23-28)18-12-5-9-15-25-13-7-4-8-14-25/h4,6-8,10-11,13-14,16-17,19-20,23H,5,9,12,15,18,21-22H2,1-3H3,(H,35,36). The molecule has 0 atom stereocenters. The fourth-order valence-corrected chi connectivity index (χ4v) is 4.35. The van der Waals surface area contributed by atoms with Gasteiger partial charge in [-0.1, -0.05) is 55.0 Å². The minimum atomic E-state index is -1.33. The van der Waals surface area contributed by atoms with Crippen LogP contribution in [0.3, 0.4) is 0 Å². The molecule has 4 aromatic rings. The number of unbranched alkanes of at least 4 members (excludes halogenated alkanes) is 2. The van der Waals surface area contributed by atoms with E-state index in [1.54, 1.807) is 13.8 Å². The third kappa shape index (κ3) is 7.96. The smallest absolute Gasteiger partial charge is 0.347 e. The zero-order valence-electron chi connectivity index (χ0n) is 23.0. The Morgan fingerprint density at radius 2 is 1.59 bits per heavy atom. The van der Waals surface area contributed by atoms with Crippen LogP contribution >= 0.6 is 0 Å². The molecule has 0 radical (unpaired) electrons. The van der Waals surface area contributed by atoms with Crippen LogP contribution < -0.4 is 9.47 Å². The van der Waals surface area contributed by atoms with E-state index in [2.05, 4.69) is 29.2 Å². The summed E-state index contributed by atoms with van der Waals surface area (Å²) >= 11 is 0. The molecule has 1 aromatic heterocycles. The van der Waals surface area contributed by atoms with Gasteiger partial charge < -0.3 is 19.0 Å². The van der Waals surface area contributed by atoms with Crippen LogP contribution in [0.25, 0.3) is 11.5 Å². The lowest BCUT2D eigenvalue weighted by Gasteiger charge is -2.24. The van der Waals surface area contributed by atoms with Crippen molar-refractivity contribution in [3.05, 3.63) is 101 Å². The summed E-state index contributed by atoms with van der Waals surface area (Å²) in [6.07, 6.45) is 5.57. The first-order valence-electron chi connectivity index (χ1n) is 13.6. The van der Waals surface area contributed by atoms with Gasteiger partial charge in [-0.2, -0.15) is 0 Å². The summed E-state index contributed by atoms with van der Waals surface area (Å²) in [5.74, 6) is 1.69. The monoisotopic (exact) mass is 527 g/mol. The molecule has 0 aliphatic heterocycles. The molecule has 39 heavy (non-hydrogen) atoms. The van der Waals surface area contributed by atoms with Crippen LogP contribution in [0, 0.1) is 6.92 Å². The lowest BCUT2D eigenvalue weighted by atomic mass is 10.0. The number of hydrogen-bond donors (Lipinski definition) is 1. The molecule has 0 saturated heterocycles.